The van der Waals surface area contributed by atoms with Gasteiger partial charge in [0.25, 0.3) is 0 Å². The van der Waals surface area contributed by atoms with Crippen molar-refractivity contribution in [2.75, 3.05) is 7.05 Å². The second kappa shape index (κ2) is 9.06. The number of aromatic amines is 1. The molecule has 1 heterocycles. The second-order valence-electron chi connectivity index (χ2n) is 3.75. The maximum Gasteiger partial charge on any atom is 0.320 e. The zero-order chi connectivity index (χ0) is 14.8. The predicted molar refractivity (Wildman–Crippen MR) is 68.6 cm³/mol. The highest BCUT2D eigenvalue weighted by molar-refractivity contribution is 5.73. The number of nitrogens with two attached hydrogens (primary N) is 2. The van der Waals surface area contributed by atoms with E-state index in [1.165, 1.54) is 13.2 Å². The lowest BCUT2D eigenvalue weighted by Crippen LogP contribution is -2.32. The zero-order valence-electron chi connectivity index (χ0n) is 10.8. The molecule has 0 aliphatic heterocycles. The minimum Gasteiger partial charge on any atom is -0.481 e. The normalized spacial score (nSPS) is 11.3. The van der Waals surface area contributed by atoms with Crippen LogP contribution in [0.4, 0.5) is 0 Å². The SMILES string of the molecule is CN.N[C@@H](Cc1cnc(CCCC(=O)O)[nH]1)C(=O)O. The number of carboxylic acids is 2. The van der Waals surface area contributed by atoms with Crippen LogP contribution in [-0.2, 0) is 22.4 Å². The Morgan fingerprint density at radius 2 is 2.05 bits per heavy atom. The summed E-state index contributed by atoms with van der Waals surface area (Å²) in [4.78, 5) is 27.8. The quantitative estimate of drug-likeness (QED) is 0.441. The van der Waals surface area contributed by atoms with Crippen LogP contribution in [0.15, 0.2) is 6.20 Å². The minimum atomic E-state index is -1.06. The van der Waals surface area contributed by atoms with Gasteiger partial charge in [0.2, 0.25) is 0 Å². The molecule has 0 saturated heterocycles. The fraction of sp³-hybridized carbons (Fsp3) is 0.545. The molecule has 1 aromatic heterocycles. The van der Waals surface area contributed by atoms with Crippen LogP contribution in [0, 0.1) is 0 Å². The maximum absolute atomic E-state index is 10.5. The lowest BCUT2D eigenvalue weighted by atomic mass is 10.2. The first-order valence-electron chi connectivity index (χ1n) is 5.79. The molecule has 0 unspecified atom stereocenters. The van der Waals surface area contributed by atoms with Crippen LogP contribution >= 0.6 is 0 Å². The minimum absolute atomic E-state index is 0.0880. The van der Waals surface area contributed by atoms with Gasteiger partial charge >= 0.3 is 11.9 Å². The summed E-state index contributed by atoms with van der Waals surface area (Å²) in [5.74, 6) is -1.25. The standard InChI is InChI=1S/C10H15N3O4.CH5N/c11-7(10(16)17)4-6-5-12-8(13-6)2-1-3-9(14)15;1-2/h5,7H,1-4,11H2,(H,12,13)(H,14,15)(H,16,17);2H2,1H3/t7-;/m0./s1. The second-order valence-corrected chi connectivity index (χ2v) is 3.75. The summed E-state index contributed by atoms with van der Waals surface area (Å²) in [6.07, 6.45) is 2.81. The van der Waals surface area contributed by atoms with E-state index in [1.54, 1.807) is 0 Å². The number of hydrogen-bond acceptors (Lipinski definition) is 5. The van der Waals surface area contributed by atoms with Gasteiger partial charge in [-0.15, -0.1) is 0 Å². The molecular weight excluding hydrogens is 252 g/mol. The molecule has 0 aliphatic rings. The van der Waals surface area contributed by atoms with Crippen molar-refractivity contribution in [2.45, 2.75) is 31.7 Å². The van der Waals surface area contributed by atoms with E-state index in [9.17, 15) is 9.59 Å². The Hall–Kier alpha value is -1.93. The van der Waals surface area contributed by atoms with E-state index in [0.29, 0.717) is 24.4 Å². The first kappa shape index (κ1) is 17.1. The van der Waals surface area contributed by atoms with Crippen molar-refractivity contribution >= 4 is 11.9 Å². The van der Waals surface area contributed by atoms with Crippen molar-refractivity contribution in [2.24, 2.45) is 11.5 Å². The molecule has 0 radical (unpaired) electrons. The largest absolute Gasteiger partial charge is 0.481 e. The molecule has 0 aliphatic carbocycles. The highest BCUT2D eigenvalue weighted by Gasteiger charge is 2.13. The lowest BCUT2D eigenvalue weighted by Gasteiger charge is -2.02. The Bertz CT molecular complexity index is 405. The van der Waals surface area contributed by atoms with Crippen LogP contribution in [0.25, 0.3) is 0 Å². The van der Waals surface area contributed by atoms with E-state index >= 15 is 0 Å². The number of carbonyl (C=O) groups is 2. The van der Waals surface area contributed by atoms with E-state index in [0.717, 1.165) is 0 Å². The van der Waals surface area contributed by atoms with E-state index in [2.05, 4.69) is 15.7 Å². The number of rotatable bonds is 7. The summed E-state index contributed by atoms with van der Waals surface area (Å²) in [6, 6.07) is -0.956. The number of carboxylic acid groups (broad SMARTS) is 2. The molecule has 0 bridgehead atoms. The van der Waals surface area contributed by atoms with Gasteiger partial charge in [0.05, 0.1) is 0 Å². The van der Waals surface area contributed by atoms with Gasteiger partial charge in [0.15, 0.2) is 0 Å². The number of imidazole rings is 1. The molecule has 8 nitrogen and oxygen atoms in total. The molecule has 1 atom stereocenters. The van der Waals surface area contributed by atoms with Crippen molar-refractivity contribution in [1.29, 1.82) is 0 Å². The first-order valence-corrected chi connectivity index (χ1v) is 5.79. The molecule has 108 valence electrons. The van der Waals surface area contributed by atoms with Crippen LogP contribution in [0.2, 0.25) is 0 Å². The van der Waals surface area contributed by atoms with Crippen LogP contribution in [-0.4, -0.2) is 45.2 Å². The Morgan fingerprint density at radius 3 is 2.58 bits per heavy atom. The number of H-pyrrole nitrogens is 1. The summed E-state index contributed by atoms with van der Waals surface area (Å²) in [7, 11) is 1.50. The lowest BCUT2D eigenvalue weighted by molar-refractivity contribution is -0.139. The van der Waals surface area contributed by atoms with E-state index in [-0.39, 0.29) is 12.8 Å². The average Bonchev–Trinajstić information content (AvgIpc) is 2.78. The van der Waals surface area contributed by atoms with Gasteiger partial charge in [-0.05, 0) is 13.5 Å². The number of nitrogens with one attached hydrogen (secondary N) is 1. The molecule has 1 aromatic rings. The summed E-state index contributed by atoms with van der Waals surface area (Å²) >= 11 is 0. The fourth-order valence-electron chi connectivity index (χ4n) is 1.37. The highest BCUT2D eigenvalue weighted by Crippen LogP contribution is 2.04. The zero-order valence-corrected chi connectivity index (χ0v) is 10.8. The van der Waals surface area contributed by atoms with Crippen molar-refractivity contribution in [3.8, 4) is 0 Å². The first-order chi connectivity index (χ1) is 8.99. The third-order valence-corrected chi connectivity index (χ3v) is 2.24. The van der Waals surface area contributed by atoms with Gasteiger partial charge in [-0.3, -0.25) is 9.59 Å². The molecule has 7 N–H and O–H groups in total. The monoisotopic (exact) mass is 272 g/mol. The van der Waals surface area contributed by atoms with Gasteiger partial charge in [-0.25, -0.2) is 4.98 Å². The van der Waals surface area contributed by atoms with Gasteiger partial charge in [-0.2, -0.15) is 0 Å². The Labute approximate surface area is 110 Å². The van der Waals surface area contributed by atoms with E-state index in [4.69, 9.17) is 15.9 Å². The molecule has 0 fully saturated rings. The maximum atomic E-state index is 10.5. The summed E-state index contributed by atoms with van der Waals surface area (Å²) in [5.41, 5.74) is 10.5. The Kier molecular flexibility index (Phi) is 8.14. The number of hydrogen-bond donors (Lipinski definition) is 5. The molecule has 1 rings (SSSR count). The predicted octanol–water partition coefficient (Wildman–Crippen LogP) is -0.654. The third-order valence-electron chi connectivity index (χ3n) is 2.24. The molecule has 0 saturated carbocycles. The third kappa shape index (κ3) is 7.17. The van der Waals surface area contributed by atoms with Crippen LogP contribution in [0.1, 0.15) is 24.4 Å². The van der Waals surface area contributed by atoms with Crippen molar-refractivity contribution in [3.05, 3.63) is 17.7 Å². The van der Waals surface area contributed by atoms with E-state index in [1.807, 2.05) is 0 Å². The average molecular weight is 272 g/mol. The van der Waals surface area contributed by atoms with Gasteiger partial charge in [0.1, 0.15) is 11.9 Å². The number of aromatic nitrogens is 2. The molecule has 19 heavy (non-hydrogen) atoms. The summed E-state index contributed by atoms with van der Waals surface area (Å²) in [5, 5.41) is 17.1. The van der Waals surface area contributed by atoms with Crippen LogP contribution in [0.5, 0.6) is 0 Å². The van der Waals surface area contributed by atoms with Gasteiger partial charge < -0.3 is 26.7 Å². The van der Waals surface area contributed by atoms with Crippen molar-refractivity contribution < 1.29 is 19.8 Å². The summed E-state index contributed by atoms with van der Waals surface area (Å²) in [6.45, 7) is 0. The number of aryl methyl sites for hydroxylation is 1. The Balaban J connectivity index is 0.00000154. The molecular formula is C11H20N4O4. The summed E-state index contributed by atoms with van der Waals surface area (Å²) < 4.78 is 0. The Morgan fingerprint density at radius 1 is 1.42 bits per heavy atom. The fourth-order valence-corrected chi connectivity index (χ4v) is 1.37. The van der Waals surface area contributed by atoms with Crippen LogP contribution < -0.4 is 11.5 Å². The highest BCUT2D eigenvalue weighted by atomic mass is 16.4. The number of nitrogens with zero attached hydrogens (tertiary/aromatic N) is 1. The molecule has 8 heteroatoms. The molecule has 0 spiro atoms. The molecule has 0 amide bonds. The van der Waals surface area contributed by atoms with Crippen LogP contribution in [0.3, 0.4) is 0 Å². The smallest absolute Gasteiger partial charge is 0.320 e. The van der Waals surface area contributed by atoms with Crippen molar-refractivity contribution in [1.82, 2.24) is 9.97 Å². The van der Waals surface area contributed by atoms with Gasteiger partial charge in [0, 0.05) is 31.2 Å². The van der Waals surface area contributed by atoms with Crippen molar-refractivity contribution in [3.63, 3.8) is 0 Å². The van der Waals surface area contributed by atoms with E-state index < -0.39 is 18.0 Å². The topological polar surface area (TPSA) is 155 Å². The van der Waals surface area contributed by atoms with Gasteiger partial charge in [-0.1, -0.05) is 0 Å². The number of aliphatic carboxylic acids is 2. The molecule has 0 aromatic carbocycles.